The number of para-hydroxylation sites is 1. The van der Waals surface area contributed by atoms with E-state index < -0.39 is 23.6 Å². The van der Waals surface area contributed by atoms with Gasteiger partial charge in [0, 0.05) is 17.0 Å². The number of methoxy groups -OCH3 is 2. The number of alkyl halides is 3. The fourth-order valence-electron chi connectivity index (χ4n) is 4.09. The van der Waals surface area contributed by atoms with E-state index in [1.807, 2.05) is 18.2 Å². The van der Waals surface area contributed by atoms with E-state index in [2.05, 4.69) is 20.0 Å². The molecule has 1 amide bonds. The fourth-order valence-corrected chi connectivity index (χ4v) is 4.90. The molecule has 0 radical (unpaired) electrons. The van der Waals surface area contributed by atoms with Crippen LogP contribution < -0.4 is 25.1 Å². The Kier molecular flexibility index (Phi) is 7.30. The number of aromatic nitrogens is 3. The Morgan fingerprint density at radius 1 is 1.02 bits per heavy atom. The Hall–Kier alpha value is -4.65. The molecule has 9 nitrogen and oxygen atoms in total. The van der Waals surface area contributed by atoms with Crippen molar-refractivity contribution in [2.24, 2.45) is 0 Å². The highest BCUT2D eigenvalue weighted by Crippen LogP contribution is 2.31. The van der Waals surface area contributed by atoms with E-state index in [9.17, 15) is 22.8 Å². The first kappa shape index (κ1) is 26.9. The lowest BCUT2D eigenvalue weighted by Gasteiger charge is -2.14. The summed E-state index contributed by atoms with van der Waals surface area (Å²) in [7, 11) is 2.97. The highest BCUT2D eigenvalue weighted by molar-refractivity contribution is 7.99. The van der Waals surface area contributed by atoms with Gasteiger partial charge < -0.3 is 24.5 Å². The van der Waals surface area contributed by atoms with Crippen molar-refractivity contribution in [3.8, 4) is 22.9 Å². The molecule has 0 fully saturated rings. The van der Waals surface area contributed by atoms with Crippen LogP contribution in [0, 0.1) is 0 Å². The molecule has 0 unspecified atom stereocenters. The second-order valence-corrected chi connectivity index (χ2v) is 9.32. The van der Waals surface area contributed by atoms with Crippen LogP contribution in [0.4, 0.5) is 18.9 Å². The van der Waals surface area contributed by atoms with Gasteiger partial charge in [0.2, 0.25) is 5.91 Å². The van der Waals surface area contributed by atoms with Gasteiger partial charge in [-0.1, -0.05) is 30.0 Å². The number of carbonyl (C=O) groups excluding carboxylic acids is 1. The number of rotatable bonds is 8. The molecule has 0 spiro atoms. The first-order valence-electron chi connectivity index (χ1n) is 11.7. The second-order valence-electron chi connectivity index (χ2n) is 8.37. The third-order valence-corrected chi connectivity index (χ3v) is 6.77. The maximum Gasteiger partial charge on any atom is 0.573 e. The summed E-state index contributed by atoms with van der Waals surface area (Å²) in [4.78, 5) is 34.3. The van der Waals surface area contributed by atoms with E-state index in [0.29, 0.717) is 33.6 Å². The van der Waals surface area contributed by atoms with Crippen LogP contribution in [0.25, 0.3) is 27.6 Å². The van der Waals surface area contributed by atoms with E-state index in [4.69, 9.17) is 9.47 Å². The lowest BCUT2D eigenvalue weighted by molar-refractivity contribution is -0.274. The number of halogens is 3. The number of nitrogens with zero attached hydrogens (tertiary/aromatic N) is 2. The summed E-state index contributed by atoms with van der Waals surface area (Å²) >= 11 is 0.990. The quantitative estimate of drug-likeness (QED) is 0.187. The van der Waals surface area contributed by atoms with Crippen LogP contribution in [0.15, 0.2) is 76.7 Å². The van der Waals surface area contributed by atoms with Gasteiger partial charge in [0.05, 0.1) is 31.3 Å². The summed E-state index contributed by atoms with van der Waals surface area (Å²) < 4.78 is 53.6. The fraction of sp³-hybridized carbons (Fsp3) is 0.148. The van der Waals surface area contributed by atoms with Crippen LogP contribution in [-0.4, -0.2) is 46.8 Å². The number of hydrogen-bond acceptors (Lipinski definition) is 7. The largest absolute Gasteiger partial charge is 0.573 e. The zero-order valence-corrected chi connectivity index (χ0v) is 21.9. The SMILES string of the molecule is COc1ccc(OC)c(NC(=O)CSc2nc3c([nH]c4ccccc43)c(=O)n2-c2ccc(OC(F)(F)F)cc2)c1. The maximum atomic E-state index is 13.7. The van der Waals surface area contributed by atoms with E-state index >= 15 is 0 Å². The Morgan fingerprint density at radius 2 is 1.75 bits per heavy atom. The Bertz CT molecular complexity index is 1770. The van der Waals surface area contributed by atoms with Crippen LogP contribution in [0.2, 0.25) is 0 Å². The molecular formula is C27H21F3N4O5S. The van der Waals surface area contributed by atoms with Crippen molar-refractivity contribution in [3.63, 3.8) is 0 Å². The van der Waals surface area contributed by atoms with Gasteiger partial charge in [-0.25, -0.2) is 4.98 Å². The van der Waals surface area contributed by atoms with Crippen molar-refractivity contribution in [3.05, 3.63) is 77.1 Å². The van der Waals surface area contributed by atoms with Crippen molar-refractivity contribution < 1.29 is 32.2 Å². The molecule has 0 aliphatic carbocycles. The number of H-pyrrole nitrogens is 1. The minimum Gasteiger partial charge on any atom is -0.497 e. The van der Waals surface area contributed by atoms with E-state index in [-0.39, 0.29) is 22.1 Å². The Balaban J connectivity index is 1.51. The number of benzene rings is 3. The highest BCUT2D eigenvalue weighted by atomic mass is 32.2. The maximum absolute atomic E-state index is 13.7. The van der Waals surface area contributed by atoms with Gasteiger partial charge in [-0.2, -0.15) is 0 Å². The monoisotopic (exact) mass is 570 g/mol. The number of ether oxygens (including phenoxy) is 3. The number of fused-ring (bicyclic) bond motifs is 3. The van der Waals surface area contributed by atoms with Crippen molar-refractivity contribution in [2.75, 3.05) is 25.3 Å². The molecule has 0 atom stereocenters. The number of nitrogens with one attached hydrogen (secondary N) is 2. The van der Waals surface area contributed by atoms with Gasteiger partial charge in [0.1, 0.15) is 28.3 Å². The van der Waals surface area contributed by atoms with E-state index in [1.165, 1.54) is 30.9 Å². The van der Waals surface area contributed by atoms with Crippen molar-refractivity contribution >= 4 is 45.3 Å². The molecule has 2 N–H and O–H groups in total. The number of thioether (sulfide) groups is 1. The number of carbonyl (C=O) groups is 1. The summed E-state index contributed by atoms with van der Waals surface area (Å²) in [5, 5.41) is 3.64. The zero-order valence-electron chi connectivity index (χ0n) is 21.0. The predicted octanol–water partition coefficient (Wildman–Crippen LogP) is 5.51. The summed E-state index contributed by atoms with van der Waals surface area (Å²) in [5.74, 6) is -0.0525. The molecule has 5 aromatic rings. The number of hydrogen-bond donors (Lipinski definition) is 2. The molecule has 0 aliphatic heterocycles. The van der Waals surface area contributed by atoms with Crippen LogP contribution >= 0.6 is 11.8 Å². The van der Waals surface area contributed by atoms with Gasteiger partial charge in [-0.15, -0.1) is 13.2 Å². The second kappa shape index (κ2) is 10.8. The predicted molar refractivity (Wildman–Crippen MR) is 145 cm³/mol. The number of anilines is 1. The summed E-state index contributed by atoms with van der Waals surface area (Å²) in [6.07, 6.45) is -4.86. The minimum absolute atomic E-state index is 0.143. The van der Waals surface area contributed by atoms with Gasteiger partial charge in [0.25, 0.3) is 5.56 Å². The van der Waals surface area contributed by atoms with Crippen molar-refractivity contribution in [1.29, 1.82) is 0 Å². The Morgan fingerprint density at radius 3 is 2.45 bits per heavy atom. The molecule has 5 rings (SSSR count). The molecular weight excluding hydrogens is 549 g/mol. The molecule has 2 heterocycles. The zero-order chi connectivity index (χ0) is 28.4. The number of amides is 1. The number of aromatic amines is 1. The first-order chi connectivity index (χ1) is 19.2. The average molecular weight is 571 g/mol. The van der Waals surface area contributed by atoms with Crippen LogP contribution in [0.1, 0.15) is 0 Å². The van der Waals surface area contributed by atoms with Crippen LogP contribution in [0.5, 0.6) is 17.2 Å². The van der Waals surface area contributed by atoms with Crippen molar-refractivity contribution in [1.82, 2.24) is 14.5 Å². The topological polar surface area (TPSA) is 107 Å². The van der Waals surface area contributed by atoms with Crippen molar-refractivity contribution in [2.45, 2.75) is 11.5 Å². The van der Waals surface area contributed by atoms with Crippen LogP contribution in [-0.2, 0) is 4.79 Å². The van der Waals surface area contributed by atoms with E-state index in [1.54, 1.807) is 24.3 Å². The van der Waals surface area contributed by atoms with Crippen LogP contribution in [0.3, 0.4) is 0 Å². The average Bonchev–Trinajstić information content (AvgIpc) is 3.31. The molecule has 0 bridgehead atoms. The van der Waals surface area contributed by atoms with Gasteiger partial charge in [0.15, 0.2) is 5.16 Å². The van der Waals surface area contributed by atoms with Gasteiger partial charge in [-0.05, 0) is 42.5 Å². The smallest absolute Gasteiger partial charge is 0.497 e. The highest BCUT2D eigenvalue weighted by Gasteiger charge is 2.31. The molecule has 206 valence electrons. The van der Waals surface area contributed by atoms with Gasteiger partial charge >= 0.3 is 6.36 Å². The lowest BCUT2D eigenvalue weighted by atomic mass is 10.2. The first-order valence-corrected chi connectivity index (χ1v) is 12.7. The normalized spacial score (nSPS) is 11.5. The standard InChI is InChI=1S/C27H21F3N4O5S/c1-37-17-11-12-21(38-2)20(13-17)31-22(35)14-40-26-33-23-18-5-3-4-6-19(18)32-24(23)25(36)34(26)15-7-9-16(10-8-15)39-27(28,29)30/h3-13,32H,14H2,1-2H3,(H,31,35). The molecule has 13 heteroatoms. The molecule has 2 aromatic heterocycles. The van der Waals surface area contributed by atoms with E-state index in [0.717, 1.165) is 23.9 Å². The third kappa shape index (κ3) is 5.54. The summed E-state index contributed by atoms with van der Waals surface area (Å²) in [6, 6.07) is 17.0. The molecule has 3 aromatic carbocycles. The summed E-state index contributed by atoms with van der Waals surface area (Å²) in [5.41, 5.74) is 1.46. The summed E-state index contributed by atoms with van der Waals surface area (Å²) in [6.45, 7) is 0. The Labute approximate surface area is 228 Å². The molecule has 0 saturated heterocycles. The molecule has 0 saturated carbocycles. The third-order valence-electron chi connectivity index (χ3n) is 5.84. The molecule has 40 heavy (non-hydrogen) atoms. The molecule has 0 aliphatic rings. The lowest BCUT2D eigenvalue weighted by Crippen LogP contribution is -2.23. The minimum atomic E-state index is -4.86. The van der Waals surface area contributed by atoms with Gasteiger partial charge in [-0.3, -0.25) is 14.2 Å².